The first-order chi connectivity index (χ1) is 15.7. The van der Waals surface area contributed by atoms with E-state index in [4.69, 9.17) is 29.6 Å². The van der Waals surface area contributed by atoms with Crippen LogP contribution in [-0.4, -0.2) is 53.8 Å². The number of aromatic nitrogens is 3. The molecule has 4 heterocycles. The Bertz CT molecular complexity index is 1270. The zero-order valence-electron chi connectivity index (χ0n) is 17.5. The van der Waals surface area contributed by atoms with Crippen molar-refractivity contribution < 1.29 is 18.7 Å². The average Bonchev–Trinajstić information content (AvgIpc) is 3.21. The summed E-state index contributed by atoms with van der Waals surface area (Å²) in [4.78, 5) is 28.1. The first-order valence-electron chi connectivity index (χ1n) is 10.6. The number of benzene rings is 1. The summed E-state index contributed by atoms with van der Waals surface area (Å²) in [5.41, 5.74) is 8.04. The van der Waals surface area contributed by atoms with Gasteiger partial charge in [-0.05, 0) is 37.2 Å². The quantitative estimate of drug-likeness (QED) is 0.362. The van der Waals surface area contributed by atoms with Gasteiger partial charge in [-0.15, -0.1) is 0 Å². The van der Waals surface area contributed by atoms with Crippen molar-refractivity contribution in [3.8, 4) is 17.1 Å². The van der Waals surface area contributed by atoms with Crippen molar-refractivity contribution in [3.05, 3.63) is 42.6 Å². The van der Waals surface area contributed by atoms with Gasteiger partial charge in [-0.25, -0.2) is 15.0 Å². The average molecular weight is 433 g/mol. The van der Waals surface area contributed by atoms with Crippen LogP contribution >= 0.6 is 0 Å². The van der Waals surface area contributed by atoms with Gasteiger partial charge in [0.2, 0.25) is 5.71 Å². The first-order valence-corrected chi connectivity index (χ1v) is 10.6. The molecule has 0 aliphatic carbocycles. The SMILES string of the molecule is NCCCC(=O)Oc1cccc(-c2nc(N3CCOCC3)c3oc4ncccc4c3n2)c1. The van der Waals surface area contributed by atoms with E-state index in [9.17, 15) is 4.79 Å². The van der Waals surface area contributed by atoms with Gasteiger partial charge in [0.05, 0.1) is 18.6 Å². The standard InChI is InChI=1S/C23H23N5O4/c24-8-2-7-18(29)31-16-5-1-4-15(14-16)21-26-19-17-6-3-9-25-23(17)32-20(19)22(27-21)28-10-12-30-13-11-28/h1,3-6,9,14H,2,7-8,10-13,24H2. The van der Waals surface area contributed by atoms with Gasteiger partial charge in [-0.1, -0.05) is 12.1 Å². The highest BCUT2D eigenvalue weighted by Gasteiger charge is 2.23. The van der Waals surface area contributed by atoms with Gasteiger partial charge < -0.3 is 24.5 Å². The second-order valence-corrected chi connectivity index (χ2v) is 7.50. The fourth-order valence-electron chi connectivity index (χ4n) is 3.71. The number of esters is 1. The molecule has 0 radical (unpaired) electrons. The molecule has 4 aromatic rings. The number of rotatable bonds is 6. The van der Waals surface area contributed by atoms with Crippen LogP contribution in [0.5, 0.6) is 5.75 Å². The van der Waals surface area contributed by atoms with Gasteiger partial charge in [0, 0.05) is 31.3 Å². The summed E-state index contributed by atoms with van der Waals surface area (Å²) in [7, 11) is 0. The fourth-order valence-corrected chi connectivity index (χ4v) is 3.71. The molecule has 0 bridgehead atoms. The number of anilines is 1. The highest BCUT2D eigenvalue weighted by Crippen LogP contribution is 2.34. The Morgan fingerprint density at radius 3 is 2.88 bits per heavy atom. The van der Waals surface area contributed by atoms with Crippen molar-refractivity contribution in [1.82, 2.24) is 15.0 Å². The summed E-state index contributed by atoms with van der Waals surface area (Å²) in [5.74, 6) is 1.35. The Morgan fingerprint density at radius 1 is 1.16 bits per heavy atom. The molecule has 1 fully saturated rings. The third kappa shape index (κ3) is 4.00. The molecule has 1 aliphatic heterocycles. The predicted octanol–water partition coefficient (Wildman–Crippen LogP) is 2.92. The molecule has 1 saturated heterocycles. The molecular formula is C23H23N5O4. The first kappa shape index (κ1) is 20.3. The van der Waals surface area contributed by atoms with Crippen molar-refractivity contribution in [2.75, 3.05) is 37.7 Å². The zero-order chi connectivity index (χ0) is 21.9. The third-order valence-corrected chi connectivity index (χ3v) is 5.29. The summed E-state index contributed by atoms with van der Waals surface area (Å²) in [5, 5.41) is 0.824. The van der Waals surface area contributed by atoms with Crippen LogP contribution in [0, 0.1) is 0 Å². The molecule has 5 rings (SSSR count). The number of nitrogens with zero attached hydrogens (tertiary/aromatic N) is 4. The van der Waals surface area contributed by atoms with Gasteiger partial charge in [-0.2, -0.15) is 0 Å². The van der Waals surface area contributed by atoms with Crippen LogP contribution in [-0.2, 0) is 9.53 Å². The summed E-state index contributed by atoms with van der Waals surface area (Å²) >= 11 is 0. The lowest BCUT2D eigenvalue weighted by Gasteiger charge is -2.27. The van der Waals surface area contributed by atoms with E-state index in [1.807, 2.05) is 24.3 Å². The van der Waals surface area contributed by atoms with E-state index in [2.05, 4.69) is 9.88 Å². The van der Waals surface area contributed by atoms with Gasteiger partial charge in [0.25, 0.3) is 0 Å². The molecule has 164 valence electrons. The van der Waals surface area contributed by atoms with Crippen LogP contribution in [0.4, 0.5) is 5.82 Å². The third-order valence-electron chi connectivity index (χ3n) is 5.29. The molecule has 0 atom stereocenters. The van der Waals surface area contributed by atoms with Crippen LogP contribution in [0.3, 0.4) is 0 Å². The molecule has 0 saturated carbocycles. The zero-order valence-corrected chi connectivity index (χ0v) is 17.5. The molecule has 3 aromatic heterocycles. The van der Waals surface area contributed by atoms with Gasteiger partial charge >= 0.3 is 5.97 Å². The number of pyridine rings is 1. The second-order valence-electron chi connectivity index (χ2n) is 7.50. The molecule has 2 N–H and O–H groups in total. The Labute approximate surface area is 184 Å². The Kier molecular flexibility index (Phi) is 5.66. The molecule has 0 amide bonds. The number of fused-ring (bicyclic) bond motifs is 3. The van der Waals surface area contributed by atoms with Crippen LogP contribution in [0.15, 0.2) is 47.0 Å². The van der Waals surface area contributed by atoms with E-state index in [0.29, 0.717) is 73.5 Å². The van der Waals surface area contributed by atoms with Crippen LogP contribution in [0.2, 0.25) is 0 Å². The minimum atomic E-state index is -0.315. The van der Waals surface area contributed by atoms with Gasteiger partial charge in [0.15, 0.2) is 17.2 Å². The number of morpholine rings is 1. The Morgan fingerprint density at radius 2 is 2.03 bits per heavy atom. The number of nitrogens with two attached hydrogens (primary N) is 1. The smallest absolute Gasteiger partial charge is 0.311 e. The Balaban J connectivity index is 1.59. The maximum absolute atomic E-state index is 12.0. The molecule has 9 nitrogen and oxygen atoms in total. The number of hydrogen-bond donors (Lipinski definition) is 1. The van der Waals surface area contributed by atoms with Crippen LogP contribution in [0.25, 0.3) is 33.6 Å². The van der Waals surface area contributed by atoms with Gasteiger partial charge in [0.1, 0.15) is 11.3 Å². The monoisotopic (exact) mass is 433 g/mol. The summed E-state index contributed by atoms with van der Waals surface area (Å²) in [6, 6.07) is 11.0. The number of ether oxygens (including phenoxy) is 2. The van der Waals surface area contributed by atoms with Crippen LogP contribution in [0.1, 0.15) is 12.8 Å². The molecular weight excluding hydrogens is 410 g/mol. The minimum absolute atomic E-state index is 0.276. The van der Waals surface area contributed by atoms with Crippen molar-refractivity contribution in [1.29, 1.82) is 0 Å². The maximum atomic E-state index is 12.0. The molecule has 1 aromatic carbocycles. The van der Waals surface area contributed by atoms with Crippen molar-refractivity contribution in [2.24, 2.45) is 5.73 Å². The van der Waals surface area contributed by atoms with Crippen molar-refractivity contribution in [2.45, 2.75) is 12.8 Å². The molecule has 32 heavy (non-hydrogen) atoms. The van der Waals surface area contributed by atoms with Crippen molar-refractivity contribution >= 4 is 34.0 Å². The maximum Gasteiger partial charge on any atom is 0.311 e. The van der Waals surface area contributed by atoms with E-state index < -0.39 is 0 Å². The van der Waals surface area contributed by atoms with E-state index in [-0.39, 0.29) is 12.4 Å². The molecule has 9 heteroatoms. The molecule has 0 spiro atoms. The lowest BCUT2D eigenvalue weighted by atomic mass is 10.2. The molecule has 1 aliphatic rings. The predicted molar refractivity (Wildman–Crippen MR) is 119 cm³/mol. The topological polar surface area (TPSA) is 117 Å². The van der Waals surface area contributed by atoms with Gasteiger partial charge in [-0.3, -0.25) is 4.79 Å². The Hall–Kier alpha value is -3.56. The largest absolute Gasteiger partial charge is 0.432 e. The number of carbonyl (C=O) groups is 1. The van der Waals surface area contributed by atoms with Crippen molar-refractivity contribution in [3.63, 3.8) is 0 Å². The summed E-state index contributed by atoms with van der Waals surface area (Å²) in [6.45, 7) is 3.09. The normalized spacial score (nSPS) is 14.2. The lowest BCUT2D eigenvalue weighted by molar-refractivity contribution is -0.134. The highest BCUT2D eigenvalue weighted by molar-refractivity contribution is 6.05. The second kappa shape index (κ2) is 8.89. The van der Waals surface area contributed by atoms with E-state index in [1.54, 1.807) is 18.3 Å². The summed E-state index contributed by atoms with van der Waals surface area (Å²) in [6.07, 6.45) is 2.55. The number of hydrogen-bond acceptors (Lipinski definition) is 9. The fraction of sp³-hybridized carbons (Fsp3) is 0.304. The van der Waals surface area contributed by atoms with E-state index in [0.717, 1.165) is 10.9 Å². The molecule has 0 unspecified atom stereocenters. The number of furan rings is 1. The highest BCUT2D eigenvalue weighted by atomic mass is 16.5. The van der Waals surface area contributed by atoms with E-state index in [1.165, 1.54) is 0 Å². The lowest BCUT2D eigenvalue weighted by Crippen LogP contribution is -2.37. The minimum Gasteiger partial charge on any atom is -0.432 e. The number of carbonyl (C=O) groups excluding carboxylic acids is 1. The van der Waals surface area contributed by atoms with E-state index >= 15 is 0 Å². The summed E-state index contributed by atoms with van der Waals surface area (Å²) < 4.78 is 17.0. The van der Waals surface area contributed by atoms with Crippen LogP contribution < -0.4 is 15.4 Å².